The van der Waals surface area contributed by atoms with Crippen LogP contribution in [0.2, 0.25) is 0 Å². The van der Waals surface area contributed by atoms with Gasteiger partial charge in [0.25, 0.3) is 5.91 Å². The van der Waals surface area contributed by atoms with Crippen LogP contribution < -0.4 is 15.5 Å². The zero-order chi connectivity index (χ0) is 18.0. The molecule has 0 aliphatic carbocycles. The standard InChI is InChI=1S/C18H23N5O2/c1-12-17(13(2)22(3)21-12)18(25)20-10-14-4-6-15(7-5-14)23-9-8-19-16(24)11-23/h4-7H,8-11H2,1-3H3,(H,19,24)(H,20,25). The van der Waals surface area contributed by atoms with Crippen molar-refractivity contribution in [3.8, 4) is 0 Å². The van der Waals surface area contributed by atoms with Gasteiger partial charge in [-0.2, -0.15) is 5.10 Å². The molecule has 1 aromatic heterocycles. The van der Waals surface area contributed by atoms with Crippen molar-refractivity contribution in [2.45, 2.75) is 20.4 Å². The van der Waals surface area contributed by atoms with Crippen molar-refractivity contribution in [3.05, 3.63) is 46.8 Å². The van der Waals surface area contributed by atoms with Gasteiger partial charge in [-0.25, -0.2) is 0 Å². The summed E-state index contributed by atoms with van der Waals surface area (Å²) in [5, 5.41) is 10.0. The van der Waals surface area contributed by atoms with Crippen LogP contribution in [0.4, 0.5) is 5.69 Å². The Labute approximate surface area is 147 Å². The minimum absolute atomic E-state index is 0.0461. The average Bonchev–Trinajstić information content (AvgIpc) is 2.85. The van der Waals surface area contributed by atoms with Gasteiger partial charge >= 0.3 is 0 Å². The number of anilines is 1. The van der Waals surface area contributed by atoms with Crippen LogP contribution in [-0.4, -0.2) is 41.2 Å². The molecule has 2 amide bonds. The van der Waals surface area contributed by atoms with Crippen molar-refractivity contribution in [1.82, 2.24) is 20.4 Å². The van der Waals surface area contributed by atoms with E-state index < -0.39 is 0 Å². The lowest BCUT2D eigenvalue weighted by molar-refractivity contribution is -0.120. The highest BCUT2D eigenvalue weighted by Crippen LogP contribution is 2.16. The first-order chi connectivity index (χ1) is 12.0. The normalized spacial score (nSPS) is 14.4. The molecule has 2 aromatic rings. The molecule has 1 aliphatic rings. The maximum atomic E-state index is 12.4. The van der Waals surface area contributed by atoms with Gasteiger partial charge in [0.2, 0.25) is 5.91 Å². The first kappa shape index (κ1) is 17.0. The van der Waals surface area contributed by atoms with E-state index in [2.05, 4.69) is 15.7 Å². The first-order valence-corrected chi connectivity index (χ1v) is 8.34. The average molecular weight is 341 g/mol. The molecule has 0 saturated carbocycles. The molecule has 7 nitrogen and oxygen atoms in total. The van der Waals surface area contributed by atoms with E-state index in [4.69, 9.17) is 0 Å². The van der Waals surface area contributed by atoms with Crippen molar-refractivity contribution < 1.29 is 9.59 Å². The van der Waals surface area contributed by atoms with Crippen LogP contribution in [0.3, 0.4) is 0 Å². The maximum absolute atomic E-state index is 12.4. The van der Waals surface area contributed by atoms with Crippen LogP contribution in [0.25, 0.3) is 0 Å². The quantitative estimate of drug-likeness (QED) is 0.866. The SMILES string of the molecule is Cc1nn(C)c(C)c1C(=O)NCc1ccc(N2CCNC(=O)C2)cc1. The molecule has 0 radical (unpaired) electrons. The Morgan fingerprint density at radius 2 is 2.00 bits per heavy atom. The number of nitrogens with zero attached hydrogens (tertiary/aromatic N) is 3. The lowest BCUT2D eigenvalue weighted by Gasteiger charge is -2.28. The Kier molecular flexibility index (Phi) is 4.74. The van der Waals surface area contributed by atoms with Crippen molar-refractivity contribution >= 4 is 17.5 Å². The minimum atomic E-state index is -0.111. The van der Waals surface area contributed by atoms with E-state index in [1.165, 1.54) is 0 Å². The fourth-order valence-electron chi connectivity index (χ4n) is 3.06. The highest BCUT2D eigenvalue weighted by Gasteiger charge is 2.18. The number of hydrogen-bond donors (Lipinski definition) is 2. The lowest BCUT2D eigenvalue weighted by Crippen LogP contribution is -2.47. The van der Waals surface area contributed by atoms with Gasteiger partial charge in [0, 0.05) is 38.1 Å². The zero-order valence-electron chi connectivity index (χ0n) is 14.8. The van der Waals surface area contributed by atoms with Gasteiger partial charge in [-0.05, 0) is 31.5 Å². The van der Waals surface area contributed by atoms with E-state index in [0.29, 0.717) is 25.2 Å². The summed E-state index contributed by atoms with van der Waals surface area (Å²) in [6.07, 6.45) is 0. The second-order valence-electron chi connectivity index (χ2n) is 6.29. The molecule has 0 unspecified atom stereocenters. The summed E-state index contributed by atoms with van der Waals surface area (Å²) in [7, 11) is 1.83. The van der Waals surface area contributed by atoms with E-state index in [-0.39, 0.29) is 11.8 Å². The molecular weight excluding hydrogens is 318 g/mol. The van der Waals surface area contributed by atoms with Crippen LogP contribution in [0.15, 0.2) is 24.3 Å². The molecule has 7 heteroatoms. The van der Waals surface area contributed by atoms with E-state index >= 15 is 0 Å². The number of carbonyl (C=O) groups excluding carboxylic acids is 2. The molecule has 25 heavy (non-hydrogen) atoms. The third kappa shape index (κ3) is 3.65. The number of aromatic nitrogens is 2. The molecule has 1 aromatic carbocycles. The minimum Gasteiger partial charge on any atom is -0.360 e. The number of rotatable bonds is 4. The largest absolute Gasteiger partial charge is 0.360 e. The van der Waals surface area contributed by atoms with Crippen LogP contribution in [0.1, 0.15) is 27.3 Å². The van der Waals surface area contributed by atoms with Crippen LogP contribution in [0, 0.1) is 13.8 Å². The van der Waals surface area contributed by atoms with Gasteiger partial charge in [0.05, 0.1) is 17.8 Å². The second-order valence-corrected chi connectivity index (χ2v) is 6.29. The van der Waals surface area contributed by atoms with E-state index in [1.807, 2.05) is 50.1 Å². The molecule has 1 fully saturated rings. The van der Waals surface area contributed by atoms with E-state index in [1.54, 1.807) is 4.68 Å². The molecule has 0 atom stereocenters. The summed E-state index contributed by atoms with van der Waals surface area (Å²) >= 11 is 0. The summed E-state index contributed by atoms with van der Waals surface area (Å²) in [5.41, 5.74) is 4.25. The van der Waals surface area contributed by atoms with Crippen molar-refractivity contribution in [2.24, 2.45) is 7.05 Å². The van der Waals surface area contributed by atoms with Gasteiger partial charge in [-0.3, -0.25) is 14.3 Å². The first-order valence-electron chi connectivity index (χ1n) is 8.34. The lowest BCUT2D eigenvalue weighted by atomic mass is 10.1. The Morgan fingerprint density at radius 3 is 2.60 bits per heavy atom. The van der Waals surface area contributed by atoms with E-state index in [0.717, 1.165) is 29.2 Å². The molecule has 2 N–H and O–H groups in total. The number of amides is 2. The Bertz CT molecular complexity index is 795. The number of carbonyl (C=O) groups is 2. The van der Waals surface area contributed by atoms with Gasteiger partial charge < -0.3 is 15.5 Å². The second kappa shape index (κ2) is 6.96. The Morgan fingerprint density at radius 1 is 1.28 bits per heavy atom. The predicted octanol–water partition coefficient (Wildman–Crippen LogP) is 0.903. The number of benzene rings is 1. The topological polar surface area (TPSA) is 79.3 Å². The van der Waals surface area contributed by atoms with Crippen molar-refractivity contribution in [1.29, 1.82) is 0 Å². The summed E-state index contributed by atoms with van der Waals surface area (Å²) in [4.78, 5) is 25.9. The summed E-state index contributed by atoms with van der Waals surface area (Å²) in [6.45, 7) is 6.04. The summed E-state index contributed by atoms with van der Waals surface area (Å²) in [6, 6.07) is 7.93. The highest BCUT2D eigenvalue weighted by molar-refractivity contribution is 5.96. The fourth-order valence-corrected chi connectivity index (χ4v) is 3.06. The molecular formula is C18H23N5O2. The molecule has 0 bridgehead atoms. The van der Waals surface area contributed by atoms with E-state index in [9.17, 15) is 9.59 Å². The van der Waals surface area contributed by atoms with Crippen LogP contribution in [0.5, 0.6) is 0 Å². The van der Waals surface area contributed by atoms with Gasteiger partial charge in [0.15, 0.2) is 0 Å². The Balaban J connectivity index is 1.62. The number of piperazine rings is 1. The number of aryl methyl sites for hydroxylation is 2. The van der Waals surface area contributed by atoms with Crippen LogP contribution >= 0.6 is 0 Å². The van der Waals surface area contributed by atoms with Crippen LogP contribution in [-0.2, 0) is 18.4 Å². The summed E-state index contributed by atoms with van der Waals surface area (Å²) in [5.74, 6) is -0.0651. The number of nitrogens with one attached hydrogen (secondary N) is 2. The third-order valence-corrected chi connectivity index (χ3v) is 4.53. The summed E-state index contributed by atoms with van der Waals surface area (Å²) < 4.78 is 1.72. The smallest absolute Gasteiger partial charge is 0.255 e. The van der Waals surface area contributed by atoms with Gasteiger partial charge in [-0.1, -0.05) is 12.1 Å². The van der Waals surface area contributed by atoms with Crippen molar-refractivity contribution in [2.75, 3.05) is 24.5 Å². The maximum Gasteiger partial charge on any atom is 0.255 e. The monoisotopic (exact) mass is 341 g/mol. The van der Waals surface area contributed by atoms with Gasteiger partial charge in [-0.15, -0.1) is 0 Å². The fraction of sp³-hybridized carbons (Fsp3) is 0.389. The van der Waals surface area contributed by atoms with Crippen molar-refractivity contribution in [3.63, 3.8) is 0 Å². The molecule has 0 spiro atoms. The number of hydrogen-bond acceptors (Lipinski definition) is 4. The van der Waals surface area contributed by atoms with Gasteiger partial charge in [0.1, 0.15) is 0 Å². The predicted molar refractivity (Wildman–Crippen MR) is 95.5 cm³/mol. The molecule has 3 rings (SSSR count). The molecule has 1 aliphatic heterocycles. The molecule has 1 saturated heterocycles. The Hall–Kier alpha value is -2.83. The zero-order valence-corrected chi connectivity index (χ0v) is 14.8. The highest BCUT2D eigenvalue weighted by atomic mass is 16.2. The molecule has 2 heterocycles. The molecule has 132 valence electrons. The third-order valence-electron chi connectivity index (χ3n) is 4.53.